The van der Waals surface area contributed by atoms with Crippen LogP contribution in [-0.4, -0.2) is 33.0 Å². The molecule has 0 aliphatic carbocycles. The van der Waals surface area contributed by atoms with E-state index in [1.54, 1.807) is 4.90 Å². The number of aromatic nitrogens is 3. The Kier molecular flexibility index (Phi) is 3.64. The summed E-state index contributed by atoms with van der Waals surface area (Å²) in [5.74, 6) is 0.0626. The van der Waals surface area contributed by atoms with Gasteiger partial charge >= 0.3 is 5.69 Å². The smallest absolute Gasteiger partial charge is 0.305 e. The molecule has 10 heteroatoms. The first kappa shape index (κ1) is 14.9. The quantitative estimate of drug-likeness (QED) is 0.479. The van der Waals surface area contributed by atoms with Gasteiger partial charge in [0.05, 0.1) is 11.5 Å². The highest BCUT2D eigenvalue weighted by molar-refractivity contribution is 5.42. The summed E-state index contributed by atoms with van der Waals surface area (Å²) in [6.45, 7) is 0.549. The summed E-state index contributed by atoms with van der Waals surface area (Å²) in [7, 11) is 0. The summed E-state index contributed by atoms with van der Waals surface area (Å²) in [5, 5.41) is 13.8. The van der Waals surface area contributed by atoms with Crippen LogP contribution >= 0.6 is 0 Å². The average Bonchev–Trinajstić information content (AvgIpc) is 3.01. The molecule has 23 heavy (non-hydrogen) atoms. The Morgan fingerprint density at radius 3 is 2.70 bits per heavy atom. The number of hydrogen-bond acceptors (Lipinski definition) is 8. The van der Waals surface area contributed by atoms with E-state index in [0.717, 1.165) is 12.4 Å². The van der Waals surface area contributed by atoms with E-state index in [1.165, 1.54) is 18.3 Å². The van der Waals surface area contributed by atoms with Crippen molar-refractivity contribution >= 4 is 11.5 Å². The minimum atomic E-state index is -1.23. The predicted molar refractivity (Wildman–Crippen MR) is 77.2 cm³/mol. The number of rotatable bonds is 4. The van der Waals surface area contributed by atoms with Gasteiger partial charge in [-0.2, -0.15) is 0 Å². The number of anilines is 1. The molecule has 1 fully saturated rings. The molecule has 2 aromatic rings. The van der Waals surface area contributed by atoms with Crippen LogP contribution in [0.5, 0.6) is 0 Å². The Morgan fingerprint density at radius 2 is 2.09 bits per heavy atom. The molecule has 0 amide bonds. The molecular weight excluding hydrogens is 307 g/mol. The van der Waals surface area contributed by atoms with Crippen LogP contribution in [0.4, 0.5) is 15.9 Å². The molecule has 1 saturated heterocycles. The lowest BCUT2D eigenvalue weighted by molar-refractivity contribution is -0.385. The Labute approximate surface area is 129 Å². The zero-order valence-electron chi connectivity index (χ0n) is 11.8. The first-order valence-electron chi connectivity index (χ1n) is 6.72. The monoisotopic (exact) mass is 318 g/mol. The van der Waals surface area contributed by atoms with E-state index in [1.807, 2.05) is 0 Å². The van der Waals surface area contributed by atoms with Gasteiger partial charge < -0.3 is 4.90 Å². The second-order valence-electron chi connectivity index (χ2n) is 5.15. The third kappa shape index (κ3) is 2.70. The number of halogens is 1. The van der Waals surface area contributed by atoms with Crippen molar-refractivity contribution in [1.82, 2.24) is 15.0 Å². The van der Waals surface area contributed by atoms with Gasteiger partial charge in [-0.25, -0.2) is 19.3 Å². The fourth-order valence-corrected chi connectivity index (χ4v) is 2.51. The molecule has 1 aliphatic rings. The standard InChI is InChI=1S/C13H11FN6O3/c14-9-1-3-15-11(5-9)19-4-2-13(8-19,18-21)12-16-6-10(7-17-12)20(22)23/h1,3,5-7H,2,4,8H2. The van der Waals surface area contributed by atoms with Crippen LogP contribution in [-0.2, 0) is 5.54 Å². The van der Waals surface area contributed by atoms with E-state index in [2.05, 4.69) is 20.1 Å². The van der Waals surface area contributed by atoms with Gasteiger partial charge in [-0.05, 0) is 6.07 Å². The molecule has 2 aromatic heterocycles. The van der Waals surface area contributed by atoms with Gasteiger partial charge in [-0.3, -0.25) is 10.1 Å². The van der Waals surface area contributed by atoms with Gasteiger partial charge in [-0.1, -0.05) is 5.18 Å². The van der Waals surface area contributed by atoms with Crippen LogP contribution in [0.1, 0.15) is 12.2 Å². The summed E-state index contributed by atoms with van der Waals surface area (Å²) in [4.78, 5) is 35.0. The first-order valence-corrected chi connectivity index (χ1v) is 6.72. The van der Waals surface area contributed by atoms with Crippen molar-refractivity contribution in [3.63, 3.8) is 0 Å². The maximum atomic E-state index is 13.3. The molecule has 3 heterocycles. The Balaban J connectivity index is 1.88. The number of nitroso groups, excluding NO2 is 1. The van der Waals surface area contributed by atoms with Gasteiger partial charge in [0.1, 0.15) is 24.0 Å². The molecule has 3 rings (SSSR count). The second kappa shape index (κ2) is 5.63. The van der Waals surface area contributed by atoms with Crippen molar-refractivity contribution in [2.45, 2.75) is 12.0 Å². The van der Waals surface area contributed by atoms with Crippen molar-refractivity contribution in [1.29, 1.82) is 0 Å². The number of nitro groups is 1. The zero-order chi connectivity index (χ0) is 16.4. The SMILES string of the molecule is O=NC1(c2ncc([N+](=O)[O-])cn2)CCN(c2cc(F)ccn2)C1. The molecule has 1 unspecified atom stereocenters. The van der Waals surface area contributed by atoms with Crippen molar-refractivity contribution in [2.75, 3.05) is 18.0 Å². The van der Waals surface area contributed by atoms with Crippen molar-refractivity contribution in [3.8, 4) is 0 Å². The highest BCUT2D eigenvalue weighted by Gasteiger charge is 2.44. The molecule has 0 N–H and O–H groups in total. The van der Waals surface area contributed by atoms with E-state index in [-0.39, 0.29) is 18.1 Å². The van der Waals surface area contributed by atoms with Gasteiger partial charge in [0.2, 0.25) is 0 Å². The average molecular weight is 318 g/mol. The third-order valence-corrected chi connectivity index (χ3v) is 3.72. The van der Waals surface area contributed by atoms with Crippen LogP contribution < -0.4 is 4.90 Å². The number of hydrogen-bond donors (Lipinski definition) is 0. The summed E-state index contributed by atoms with van der Waals surface area (Å²) >= 11 is 0. The first-order chi connectivity index (χ1) is 11.0. The Hall–Kier alpha value is -3.04. The van der Waals surface area contributed by atoms with E-state index in [9.17, 15) is 19.4 Å². The van der Waals surface area contributed by atoms with Crippen molar-refractivity contribution in [3.05, 3.63) is 57.4 Å². The van der Waals surface area contributed by atoms with Gasteiger partial charge in [-0.15, -0.1) is 4.91 Å². The molecule has 1 aliphatic heterocycles. The lowest BCUT2D eigenvalue weighted by Crippen LogP contribution is -2.31. The van der Waals surface area contributed by atoms with Gasteiger partial charge in [0, 0.05) is 25.2 Å². The van der Waals surface area contributed by atoms with E-state index >= 15 is 0 Å². The van der Waals surface area contributed by atoms with Crippen LogP contribution in [0.25, 0.3) is 0 Å². The van der Waals surface area contributed by atoms with E-state index in [0.29, 0.717) is 18.8 Å². The molecule has 0 bridgehead atoms. The fourth-order valence-electron chi connectivity index (χ4n) is 2.51. The minimum absolute atomic E-state index is 0.108. The summed E-state index contributed by atoms with van der Waals surface area (Å²) in [5.41, 5.74) is -1.50. The Morgan fingerprint density at radius 1 is 1.35 bits per heavy atom. The van der Waals surface area contributed by atoms with Crippen molar-refractivity contribution in [2.24, 2.45) is 5.18 Å². The molecule has 0 spiro atoms. The maximum absolute atomic E-state index is 13.3. The minimum Gasteiger partial charge on any atom is -0.353 e. The van der Waals surface area contributed by atoms with Gasteiger partial charge in [0.15, 0.2) is 11.4 Å². The van der Waals surface area contributed by atoms with Crippen molar-refractivity contribution < 1.29 is 9.31 Å². The van der Waals surface area contributed by atoms with Gasteiger partial charge in [0.25, 0.3) is 0 Å². The molecular formula is C13H11FN6O3. The predicted octanol–water partition coefficient (Wildman–Crippen LogP) is 1.79. The molecule has 1 atom stereocenters. The highest BCUT2D eigenvalue weighted by atomic mass is 19.1. The summed E-state index contributed by atoms with van der Waals surface area (Å²) in [6.07, 6.45) is 3.73. The molecule has 118 valence electrons. The zero-order valence-corrected chi connectivity index (χ0v) is 11.8. The second-order valence-corrected chi connectivity index (χ2v) is 5.15. The number of pyridine rings is 1. The lowest BCUT2D eigenvalue weighted by Gasteiger charge is -2.20. The highest BCUT2D eigenvalue weighted by Crippen LogP contribution is 2.35. The normalized spacial score (nSPS) is 20.5. The maximum Gasteiger partial charge on any atom is 0.305 e. The van der Waals surface area contributed by atoms with Crippen LogP contribution in [0.15, 0.2) is 35.9 Å². The summed E-state index contributed by atoms with van der Waals surface area (Å²) in [6, 6.07) is 2.49. The lowest BCUT2D eigenvalue weighted by atomic mass is 9.99. The van der Waals surface area contributed by atoms with Crippen LogP contribution in [0.3, 0.4) is 0 Å². The summed E-state index contributed by atoms with van der Waals surface area (Å²) < 4.78 is 13.3. The van der Waals surface area contributed by atoms with E-state index < -0.39 is 16.3 Å². The molecule has 9 nitrogen and oxygen atoms in total. The fraction of sp³-hybridized carbons (Fsp3) is 0.308. The Bertz CT molecular complexity index is 756. The topological polar surface area (TPSA) is 114 Å². The van der Waals surface area contributed by atoms with E-state index in [4.69, 9.17) is 0 Å². The number of nitrogens with zero attached hydrogens (tertiary/aromatic N) is 6. The van der Waals surface area contributed by atoms with Crippen LogP contribution in [0.2, 0.25) is 0 Å². The largest absolute Gasteiger partial charge is 0.353 e. The third-order valence-electron chi connectivity index (χ3n) is 3.72. The molecule has 0 radical (unpaired) electrons. The molecule has 0 aromatic carbocycles. The molecule has 0 saturated carbocycles. The van der Waals surface area contributed by atoms with Crippen LogP contribution in [0, 0.1) is 20.8 Å².